The van der Waals surface area contributed by atoms with Crippen LogP contribution in [0.2, 0.25) is 0 Å². The van der Waals surface area contributed by atoms with Crippen LogP contribution in [-0.4, -0.2) is 52.1 Å². The van der Waals surface area contributed by atoms with Crippen LogP contribution >= 0.6 is 0 Å². The predicted octanol–water partition coefficient (Wildman–Crippen LogP) is 2.00. The van der Waals surface area contributed by atoms with Crippen molar-refractivity contribution < 1.29 is 19.3 Å². The van der Waals surface area contributed by atoms with E-state index in [9.17, 15) is 0 Å². The molecule has 0 saturated heterocycles. The topological polar surface area (TPSA) is 118 Å². The fourth-order valence-corrected chi connectivity index (χ4v) is 2.92. The highest BCUT2D eigenvalue weighted by molar-refractivity contribution is 5.83. The van der Waals surface area contributed by atoms with E-state index in [0.29, 0.717) is 36.1 Å². The molecule has 30 heavy (non-hydrogen) atoms. The van der Waals surface area contributed by atoms with Crippen molar-refractivity contribution in [3.05, 3.63) is 29.3 Å². The van der Waals surface area contributed by atoms with E-state index < -0.39 is 0 Å². The van der Waals surface area contributed by atoms with Gasteiger partial charge < -0.3 is 25.1 Å². The summed E-state index contributed by atoms with van der Waals surface area (Å²) < 4.78 is 18.4. The number of benzene rings is 1. The van der Waals surface area contributed by atoms with Gasteiger partial charge in [-0.05, 0) is 18.6 Å². The highest BCUT2D eigenvalue weighted by atomic mass is 16.5. The van der Waals surface area contributed by atoms with Gasteiger partial charge in [0.15, 0.2) is 17.0 Å². The average molecular weight is 411 g/mol. The Morgan fingerprint density at radius 2 is 2.00 bits per heavy atom. The number of anilines is 1. The highest BCUT2D eigenvalue weighted by Gasteiger charge is 2.19. The molecule has 0 aliphatic rings. The normalized spacial score (nSPS) is 10.5. The first-order valence-corrected chi connectivity index (χ1v) is 9.58. The minimum absolute atomic E-state index is 0.202. The van der Waals surface area contributed by atoms with Gasteiger partial charge in [0, 0.05) is 11.1 Å². The van der Waals surface area contributed by atoms with Gasteiger partial charge in [-0.2, -0.15) is 15.0 Å². The van der Waals surface area contributed by atoms with E-state index in [0.717, 1.165) is 24.0 Å². The van der Waals surface area contributed by atoms with Crippen LogP contribution in [0.5, 0.6) is 17.8 Å². The van der Waals surface area contributed by atoms with Gasteiger partial charge in [0.05, 0.1) is 27.4 Å². The maximum atomic E-state index is 8.89. The van der Waals surface area contributed by atoms with E-state index in [4.69, 9.17) is 25.1 Å². The zero-order valence-corrected chi connectivity index (χ0v) is 17.3. The molecule has 0 amide bonds. The number of aliphatic hydroxyl groups excluding tert-OH is 1. The smallest absolute Gasteiger partial charge is 0.320 e. The van der Waals surface area contributed by atoms with E-state index in [1.165, 1.54) is 7.11 Å². The molecule has 0 unspecified atom stereocenters. The summed E-state index contributed by atoms with van der Waals surface area (Å²) in [6, 6.07) is 6.12. The second-order valence-electron chi connectivity index (χ2n) is 6.44. The summed E-state index contributed by atoms with van der Waals surface area (Å²) in [5.41, 5.74) is 8.66. The van der Waals surface area contributed by atoms with Gasteiger partial charge in [-0.1, -0.05) is 31.3 Å². The molecule has 0 fully saturated rings. The summed E-state index contributed by atoms with van der Waals surface area (Å²) in [5.74, 6) is 6.37. The molecule has 0 radical (unpaired) electrons. The molecule has 0 saturated carbocycles. The zero-order valence-electron chi connectivity index (χ0n) is 17.3. The minimum Gasteiger partial charge on any atom is -0.496 e. The molecule has 0 bridgehead atoms. The number of imidazole rings is 1. The first kappa shape index (κ1) is 21.2. The largest absolute Gasteiger partial charge is 0.496 e. The molecule has 2 aromatic heterocycles. The maximum absolute atomic E-state index is 8.89. The average Bonchev–Trinajstić information content (AvgIpc) is 3.11. The standard InChI is InChI=1S/C21H25N5O4/c1-4-5-11-30-20-24-18(22)17-19(25-20)26(21(23-17)29-3)13-15-9-8-14(7-6-10-27)12-16(15)28-2/h8-9,12,27H,4-5,10-11,13H2,1-3H3,(H2,22,24,25). The summed E-state index contributed by atoms with van der Waals surface area (Å²) in [4.78, 5) is 13.1. The van der Waals surface area contributed by atoms with Crippen molar-refractivity contribution in [2.75, 3.05) is 33.2 Å². The lowest BCUT2D eigenvalue weighted by molar-refractivity contribution is 0.286. The van der Waals surface area contributed by atoms with Gasteiger partial charge >= 0.3 is 6.01 Å². The summed E-state index contributed by atoms with van der Waals surface area (Å²) in [7, 11) is 3.12. The minimum atomic E-state index is -0.202. The molecule has 0 spiro atoms. The number of fused-ring (bicyclic) bond motifs is 1. The van der Waals surface area contributed by atoms with E-state index in [-0.39, 0.29) is 18.4 Å². The van der Waals surface area contributed by atoms with Crippen molar-refractivity contribution >= 4 is 17.0 Å². The molecular formula is C21H25N5O4. The van der Waals surface area contributed by atoms with Crippen molar-refractivity contribution in [2.45, 2.75) is 26.3 Å². The van der Waals surface area contributed by atoms with Gasteiger partial charge in [0.25, 0.3) is 6.01 Å². The van der Waals surface area contributed by atoms with E-state index in [2.05, 4.69) is 33.7 Å². The number of unbranched alkanes of at least 4 members (excludes halogenated alkanes) is 1. The van der Waals surface area contributed by atoms with Crippen molar-refractivity contribution in [1.82, 2.24) is 19.5 Å². The quantitative estimate of drug-likeness (QED) is 0.427. The van der Waals surface area contributed by atoms with Gasteiger partial charge in [-0.15, -0.1) is 0 Å². The fraction of sp³-hybridized carbons (Fsp3) is 0.381. The lowest BCUT2D eigenvalue weighted by atomic mass is 10.1. The lowest BCUT2D eigenvalue weighted by Crippen LogP contribution is -2.07. The number of rotatable bonds is 8. The highest BCUT2D eigenvalue weighted by Crippen LogP contribution is 2.29. The number of nitrogens with two attached hydrogens (primary N) is 1. The number of hydrogen-bond acceptors (Lipinski definition) is 8. The molecule has 0 aliphatic carbocycles. The van der Waals surface area contributed by atoms with Crippen LogP contribution in [-0.2, 0) is 6.54 Å². The summed E-state index contributed by atoms with van der Waals surface area (Å²) >= 11 is 0. The maximum Gasteiger partial charge on any atom is 0.320 e. The summed E-state index contributed by atoms with van der Waals surface area (Å²) in [6.07, 6.45) is 1.90. The number of methoxy groups -OCH3 is 2. The molecule has 3 aromatic rings. The van der Waals surface area contributed by atoms with Gasteiger partial charge in [0.2, 0.25) is 0 Å². The predicted molar refractivity (Wildman–Crippen MR) is 113 cm³/mol. The third-order valence-electron chi connectivity index (χ3n) is 4.41. The molecular weight excluding hydrogens is 386 g/mol. The van der Waals surface area contributed by atoms with Crippen LogP contribution in [0.15, 0.2) is 18.2 Å². The second kappa shape index (κ2) is 9.80. The molecule has 0 aliphatic heterocycles. The number of hydrogen-bond donors (Lipinski definition) is 2. The SMILES string of the molecule is CCCCOc1nc(N)c2nc(OC)n(Cc3ccc(C#CCO)cc3OC)c2n1. The molecule has 158 valence electrons. The van der Waals surface area contributed by atoms with Gasteiger partial charge in [-0.3, -0.25) is 4.57 Å². The number of nitrogens with zero attached hydrogens (tertiary/aromatic N) is 4. The van der Waals surface area contributed by atoms with Gasteiger partial charge in [-0.25, -0.2) is 0 Å². The summed E-state index contributed by atoms with van der Waals surface area (Å²) in [6.45, 7) is 2.76. The Morgan fingerprint density at radius 1 is 1.17 bits per heavy atom. The molecule has 9 heteroatoms. The molecule has 2 heterocycles. The third kappa shape index (κ3) is 4.55. The Kier molecular flexibility index (Phi) is 6.93. The van der Waals surface area contributed by atoms with Crippen LogP contribution in [0.25, 0.3) is 11.2 Å². The number of aliphatic hydroxyl groups is 1. The lowest BCUT2D eigenvalue weighted by Gasteiger charge is -2.12. The van der Waals surface area contributed by atoms with Crippen molar-refractivity contribution in [3.63, 3.8) is 0 Å². The van der Waals surface area contributed by atoms with Crippen molar-refractivity contribution in [2.24, 2.45) is 0 Å². The van der Waals surface area contributed by atoms with Gasteiger partial charge in [0.1, 0.15) is 12.4 Å². The van der Waals surface area contributed by atoms with Crippen LogP contribution in [0.4, 0.5) is 5.82 Å². The van der Waals surface area contributed by atoms with Crippen LogP contribution in [0.1, 0.15) is 30.9 Å². The Balaban J connectivity index is 2.02. The third-order valence-corrected chi connectivity index (χ3v) is 4.41. The first-order chi connectivity index (χ1) is 14.6. The fourth-order valence-electron chi connectivity index (χ4n) is 2.92. The van der Waals surface area contributed by atoms with Crippen LogP contribution in [0.3, 0.4) is 0 Å². The monoisotopic (exact) mass is 411 g/mol. The van der Waals surface area contributed by atoms with E-state index in [1.807, 2.05) is 18.2 Å². The van der Waals surface area contributed by atoms with Crippen molar-refractivity contribution in [3.8, 4) is 29.6 Å². The zero-order chi connectivity index (χ0) is 21.5. The molecule has 9 nitrogen and oxygen atoms in total. The molecule has 1 aromatic carbocycles. The molecule has 3 N–H and O–H groups in total. The first-order valence-electron chi connectivity index (χ1n) is 9.58. The number of ether oxygens (including phenoxy) is 3. The Morgan fingerprint density at radius 3 is 2.70 bits per heavy atom. The molecule has 3 rings (SSSR count). The number of aromatic nitrogens is 4. The van der Waals surface area contributed by atoms with Crippen LogP contribution in [0, 0.1) is 11.8 Å². The summed E-state index contributed by atoms with van der Waals surface area (Å²) in [5, 5.41) is 8.89. The Labute approximate surface area is 174 Å². The number of nitrogen functional groups attached to an aromatic ring is 1. The second-order valence-corrected chi connectivity index (χ2v) is 6.44. The Hall–Kier alpha value is -3.51. The van der Waals surface area contributed by atoms with E-state index in [1.54, 1.807) is 11.7 Å². The molecule has 0 atom stereocenters. The van der Waals surface area contributed by atoms with Crippen LogP contribution < -0.4 is 19.9 Å². The van der Waals surface area contributed by atoms with Crippen molar-refractivity contribution in [1.29, 1.82) is 0 Å². The van der Waals surface area contributed by atoms with E-state index >= 15 is 0 Å². The Bertz CT molecular complexity index is 1080.